The third kappa shape index (κ3) is 17.0. The van der Waals surface area contributed by atoms with Gasteiger partial charge in [-0.2, -0.15) is 38.3 Å². The fraction of sp³-hybridized carbons (Fsp3) is 0.0864. The van der Waals surface area contributed by atoms with Crippen LogP contribution in [0, 0.1) is 12.7 Å². The zero-order valence-electron chi connectivity index (χ0n) is 56.6. The molecular weight excluding hydrogens is 1540 g/mol. The van der Waals surface area contributed by atoms with Gasteiger partial charge < -0.3 is 42.0 Å². The number of aromatic nitrogens is 9. The Balaban J connectivity index is 0.000000129. The maximum Gasteiger partial charge on any atom is 0.314 e. The molecule has 0 unspecified atom stereocenters. The number of amidine groups is 1. The molecule has 0 saturated carbocycles. The Morgan fingerprint density at radius 2 is 0.990 bits per heavy atom. The monoisotopic (exact) mass is 1610 g/mol. The average molecular weight is 1610 g/mol. The van der Waals surface area contributed by atoms with E-state index in [-0.39, 0.29) is 32.5 Å². The maximum atomic E-state index is 6.35. The number of anilines is 5. The van der Waals surface area contributed by atoms with Crippen molar-refractivity contribution in [3.8, 4) is 16.8 Å². The van der Waals surface area contributed by atoms with Crippen LogP contribution in [0.3, 0.4) is 0 Å². The van der Waals surface area contributed by atoms with Gasteiger partial charge in [-0.3, -0.25) is 31.2 Å². The molecule has 0 saturated heterocycles. The van der Waals surface area contributed by atoms with Gasteiger partial charge in [-0.25, -0.2) is 9.97 Å². The minimum atomic E-state index is -0.472. The van der Waals surface area contributed by atoms with E-state index in [2.05, 4.69) is 148 Å². The molecule has 523 valence electrons. The molecule has 0 spiro atoms. The summed E-state index contributed by atoms with van der Waals surface area (Å²) in [6.45, 7) is 9.09. The summed E-state index contributed by atoms with van der Waals surface area (Å²) in [4.78, 5) is 27.1. The minimum Gasteiger partial charge on any atom is -1.00 e. The topological polar surface area (TPSA) is 199 Å². The molecule has 1 radical (unpaired) electrons. The molecular formula is C81H69Cl3IrN16O3-2. The molecule has 8 aromatic carbocycles. The molecule has 0 atom stereocenters. The van der Waals surface area contributed by atoms with Gasteiger partial charge in [0.2, 0.25) is 6.33 Å². The van der Waals surface area contributed by atoms with Gasteiger partial charge in [0.25, 0.3) is 6.48 Å². The van der Waals surface area contributed by atoms with E-state index in [9.17, 15) is 0 Å². The van der Waals surface area contributed by atoms with E-state index < -0.39 is 6.48 Å². The van der Waals surface area contributed by atoms with E-state index >= 15 is 0 Å². The van der Waals surface area contributed by atoms with Crippen molar-refractivity contribution in [3.63, 3.8) is 0 Å². The van der Waals surface area contributed by atoms with Gasteiger partial charge in [-0.05, 0) is 110 Å². The molecule has 2 aliphatic rings. The molecule has 0 amide bonds. The van der Waals surface area contributed by atoms with E-state index in [1.165, 1.54) is 26.4 Å². The Labute approximate surface area is 631 Å². The first kappa shape index (κ1) is 74.1. The molecule has 104 heavy (non-hydrogen) atoms. The second kappa shape index (κ2) is 36.1. The van der Waals surface area contributed by atoms with Crippen LogP contribution in [0.2, 0.25) is 5.15 Å². The van der Waals surface area contributed by atoms with Crippen molar-refractivity contribution in [2.24, 2.45) is 10.9 Å². The first-order valence-corrected chi connectivity index (χ1v) is 33.7. The molecule has 18 rings (SSSR count). The number of rotatable bonds is 12. The van der Waals surface area contributed by atoms with Gasteiger partial charge >= 0.3 is 5.65 Å². The van der Waals surface area contributed by atoms with Crippen LogP contribution in [-0.4, -0.2) is 71.8 Å². The van der Waals surface area contributed by atoms with Crippen LogP contribution >= 0.6 is 23.4 Å². The number of hydrazone groups is 1. The Morgan fingerprint density at radius 1 is 0.519 bits per heavy atom. The van der Waals surface area contributed by atoms with Gasteiger partial charge in [0.05, 0.1) is 32.9 Å². The van der Waals surface area contributed by atoms with Gasteiger partial charge in [-0.15, -0.1) is 12.2 Å². The summed E-state index contributed by atoms with van der Waals surface area (Å²) < 4.78 is 20.7. The van der Waals surface area contributed by atoms with E-state index in [4.69, 9.17) is 58.6 Å². The number of hydrogen-bond donors (Lipinski definition) is 3. The van der Waals surface area contributed by atoms with Crippen LogP contribution in [-0.2, 0) is 34.3 Å². The summed E-state index contributed by atoms with van der Waals surface area (Å²) in [6.07, 6.45) is 15.9. The summed E-state index contributed by atoms with van der Waals surface area (Å²) >= 11 is 12.5. The fourth-order valence-electron chi connectivity index (χ4n) is 11.7. The number of benzene rings is 8. The second-order valence-corrected chi connectivity index (χ2v) is 23.3. The van der Waals surface area contributed by atoms with E-state index in [0.717, 1.165) is 99.7 Å². The number of hydrazine groups is 2. The van der Waals surface area contributed by atoms with E-state index in [1.54, 1.807) is 61.7 Å². The number of nitrogen functional groups attached to an aromatic ring is 1. The molecule has 16 aromatic rings. The van der Waals surface area contributed by atoms with Crippen molar-refractivity contribution in [3.05, 3.63) is 316 Å². The molecule has 19 nitrogen and oxygen atoms in total. The molecule has 8 aromatic heterocycles. The number of ether oxygens (including phenoxy) is 3. The summed E-state index contributed by atoms with van der Waals surface area (Å²) in [6, 6.07) is 82.0. The van der Waals surface area contributed by atoms with Crippen LogP contribution < -0.4 is 47.9 Å². The predicted molar refractivity (Wildman–Crippen MR) is 411 cm³/mol. The van der Waals surface area contributed by atoms with Crippen molar-refractivity contribution in [1.82, 2.24) is 39.7 Å². The molecule has 4 N–H and O–H groups in total. The summed E-state index contributed by atoms with van der Waals surface area (Å²) in [5.74, 6) is 6.71. The van der Waals surface area contributed by atoms with Crippen LogP contribution in [0.4, 0.5) is 28.6 Å². The van der Waals surface area contributed by atoms with Gasteiger partial charge in [0.15, 0.2) is 5.82 Å². The molecule has 0 fully saturated rings. The number of nitrogens with one attached hydrogen (secondary N) is 2. The third-order valence-corrected chi connectivity index (χ3v) is 16.9. The largest absolute Gasteiger partial charge is 1.00 e. The average Bonchev–Trinajstić information content (AvgIpc) is 1.56. The Kier molecular flexibility index (Phi) is 25.7. The van der Waals surface area contributed by atoms with Crippen LogP contribution in [0.15, 0.2) is 298 Å². The summed E-state index contributed by atoms with van der Waals surface area (Å²) in [7, 11) is 0. The minimum absolute atomic E-state index is 0. The zero-order chi connectivity index (χ0) is 70.0. The summed E-state index contributed by atoms with van der Waals surface area (Å²) in [5.41, 5.74) is 17.8. The SMILES string of the molecule is CCOC(OCC)OCC.ClN(Nc1nc2ccccc2c2ccccc12)c1ccncc1.Clc1nc2ccccc2c2ccccc12.NNc1ccncc1.[Cl-].[Ir].[c-]1cccc2c1N1[CH-]N(c3ccncc3)N=C1c1ccccc1-2.c1ccc2c(c1)c1ccccc1[n+]1cn(-c3ccncc3)nc21. The molecule has 0 bridgehead atoms. The fourth-order valence-corrected chi connectivity index (χ4v) is 12.1. The predicted octanol–water partition coefficient (Wildman–Crippen LogP) is 14.5. The van der Waals surface area contributed by atoms with Crippen molar-refractivity contribution in [1.29, 1.82) is 0 Å². The smallest absolute Gasteiger partial charge is 0.314 e. The van der Waals surface area contributed by atoms with Crippen molar-refractivity contribution < 1.29 is 51.1 Å². The van der Waals surface area contributed by atoms with Crippen LogP contribution in [0.1, 0.15) is 26.3 Å². The molecule has 2 aliphatic heterocycles. The Bertz CT molecular complexity index is 5420. The number of fused-ring (bicyclic) bond motifs is 18. The molecule has 10 heterocycles. The molecule has 0 aliphatic carbocycles. The second-order valence-electron chi connectivity index (χ2n) is 22.6. The first-order chi connectivity index (χ1) is 50.3. The first-order valence-electron chi connectivity index (χ1n) is 33.0. The van der Waals surface area contributed by atoms with Crippen molar-refractivity contribution in [2.45, 2.75) is 27.2 Å². The number of para-hydroxylation sites is 4. The Morgan fingerprint density at radius 3 is 1.59 bits per heavy atom. The number of nitrogens with two attached hydrogens (primary N) is 1. The molecule has 23 heteroatoms. The van der Waals surface area contributed by atoms with E-state index in [1.807, 2.05) is 171 Å². The standard InChI is InChI=1S/C19H13N4.C19H12N4.C18H13ClN4.C13H8ClN.C7H16O3.C5H7N3.ClH.Ir/c2*1-2-7-17-15(5-1)16-6-3-4-8-18(16)22-13-23(21-19(17)22)14-9-11-20-12-10-14;19-23(13-9-11-20-12-10-13)22-18-16-7-2-1-5-14(16)15-6-3-4-8-17(15)21-18;14-13-11-7-2-1-5-9(11)10-6-3-4-8-12(10)15-13;1-4-8-7(9-5-2)10-6-3;6-8-5-1-3-7-4-2-5;;/h1-13H;1-7,9-13H;1-12H,(H,21,22);1-8H;7H,4-6H2,1-3H3;1-4H,6H2,(H,7,8);1H;/q+1;-2;;;;;;/p-1. The van der Waals surface area contributed by atoms with Crippen molar-refractivity contribution >= 4 is 128 Å². The number of halogens is 3. The van der Waals surface area contributed by atoms with Crippen LogP contribution in [0.25, 0.3) is 87.5 Å². The van der Waals surface area contributed by atoms with Gasteiger partial charge in [0, 0.05) is 139 Å². The van der Waals surface area contributed by atoms with Crippen LogP contribution in [0.5, 0.6) is 0 Å². The normalized spacial score (nSPS) is 11.5. The summed E-state index contributed by atoms with van der Waals surface area (Å²) in [5, 5.41) is 22.3. The Hall–Kier alpha value is -11.1. The van der Waals surface area contributed by atoms with Crippen molar-refractivity contribution in [2.75, 3.05) is 45.1 Å². The number of nitrogens with zero attached hydrogens (tertiary/aromatic N) is 13. The van der Waals surface area contributed by atoms with E-state index in [0.29, 0.717) is 30.8 Å². The van der Waals surface area contributed by atoms with Gasteiger partial charge in [0.1, 0.15) is 22.2 Å². The zero-order valence-corrected chi connectivity index (χ0v) is 61.2. The van der Waals surface area contributed by atoms with Gasteiger partial charge in [-0.1, -0.05) is 173 Å². The third-order valence-electron chi connectivity index (χ3n) is 16.3. The quantitative estimate of drug-likeness (QED) is 0.0152. The number of pyridine rings is 7. The maximum absolute atomic E-state index is 6.35. The number of hydrogen-bond acceptors (Lipinski definition) is 17.